The molecule has 0 bridgehead atoms. The molecular weight excluding hydrogens is 344 g/mol. The second kappa shape index (κ2) is 5.43. The summed E-state index contributed by atoms with van der Waals surface area (Å²) in [5.74, 6) is -3.40. The van der Waals surface area contributed by atoms with E-state index < -0.39 is 23.7 Å². The number of ether oxygens (including phenoxy) is 2. The highest BCUT2D eigenvalue weighted by Crippen LogP contribution is 2.63. The fourth-order valence-corrected chi connectivity index (χ4v) is 3.60. The van der Waals surface area contributed by atoms with Crippen LogP contribution in [0.1, 0.15) is 42.4 Å². The third kappa shape index (κ3) is 2.60. The molecule has 5 rings (SSSR count). The Kier molecular flexibility index (Phi) is 3.26. The number of aromatic amines is 1. The Labute approximate surface area is 147 Å². The Balaban J connectivity index is 1.25. The fraction of sp³-hybridized carbons (Fsp3) is 0.444. The van der Waals surface area contributed by atoms with Crippen molar-refractivity contribution >= 4 is 11.7 Å². The number of nitrogens with zero attached hydrogens (tertiary/aromatic N) is 1. The fourth-order valence-electron chi connectivity index (χ4n) is 3.60. The average molecular weight is 361 g/mol. The van der Waals surface area contributed by atoms with Crippen LogP contribution in [0.3, 0.4) is 0 Å². The van der Waals surface area contributed by atoms with Crippen LogP contribution in [-0.4, -0.2) is 28.8 Å². The Bertz CT molecular complexity index is 878. The van der Waals surface area contributed by atoms with E-state index in [2.05, 4.69) is 15.5 Å². The molecular formula is C18H17F2N3O3. The molecule has 1 aromatic carbocycles. The molecule has 2 unspecified atom stereocenters. The van der Waals surface area contributed by atoms with E-state index in [1.54, 1.807) is 24.3 Å². The molecule has 26 heavy (non-hydrogen) atoms. The van der Waals surface area contributed by atoms with Gasteiger partial charge < -0.3 is 14.8 Å². The number of aromatic nitrogens is 2. The minimum Gasteiger partial charge on any atom is -0.454 e. The van der Waals surface area contributed by atoms with Crippen molar-refractivity contribution in [2.45, 2.75) is 37.0 Å². The minimum absolute atomic E-state index is 0.0959. The lowest BCUT2D eigenvalue weighted by molar-refractivity contribution is -0.117. The number of rotatable bonds is 5. The molecule has 2 fully saturated rings. The predicted octanol–water partition coefficient (Wildman–Crippen LogP) is 3.39. The summed E-state index contributed by atoms with van der Waals surface area (Å²) >= 11 is 0. The molecule has 1 aromatic heterocycles. The summed E-state index contributed by atoms with van der Waals surface area (Å²) < 4.78 is 38.9. The SMILES string of the molecule is O=C(CC1C(c2ccc3c(c2)OCO3)C1(F)F)Nc1cc(C2CC2)n[nH]1. The molecule has 136 valence electrons. The quantitative estimate of drug-likeness (QED) is 0.856. The number of alkyl halides is 2. The van der Waals surface area contributed by atoms with Crippen LogP contribution in [-0.2, 0) is 4.79 Å². The van der Waals surface area contributed by atoms with Crippen LogP contribution in [0.25, 0.3) is 0 Å². The molecule has 2 aliphatic carbocycles. The molecule has 8 heteroatoms. The van der Waals surface area contributed by atoms with E-state index in [1.165, 1.54) is 0 Å². The van der Waals surface area contributed by atoms with Crippen molar-refractivity contribution in [3.8, 4) is 11.5 Å². The van der Waals surface area contributed by atoms with Crippen molar-refractivity contribution in [3.63, 3.8) is 0 Å². The largest absolute Gasteiger partial charge is 0.454 e. The zero-order chi connectivity index (χ0) is 17.9. The van der Waals surface area contributed by atoms with E-state index in [0.717, 1.165) is 18.5 Å². The monoisotopic (exact) mass is 361 g/mol. The molecule has 0 saturated heterocycles. The third-order valence-electron chi connectivity index (χ3n) is 5.23. The lowest BCUT2D eigenvalue weighted by Crippen LogP contribution is -2.14. The lowest BCUT2D eigenvalue weighted by atomic mass is 10.1. The number of halogens is 2. The van der Waals surface area contributed by atoms with E-state index in [-0.39, 0.29) is 13.2 Å². The first-order chi connectivity index (χ1) is 12.5. The molecule has 2 aromatic rings. The molecule has 2 heterocycles. The molecule has 2 saturated carbocycles. The zero-order valence-electron chi connectivity index (χ0n) is 13.8. The maximum Gasteiger partial charge on any atom is 0.259 e. The van der Waals surface area contributed by atoms with Crippen molar-refractivity contribution in [1.29, 1.82) is 0 Å². The van der Waals surface area contributed by atoms with Crippen molar-refractivity contribution < 1.29 is 23.0 Å². The highest BCUT2D eigenvalue weighted by atomic mass is 19.3. The number of carbonyl (C=O) groups is 1. The molecule has 2 atom stereocenters. The first-order valence-electron chi connectivity index (χ1n) is 8.65. The van der Waals surface area contributed by atoms with Crippen molar-refractivity contribution in [2.75, 3.05) is 12.1 Å². The van der Waals surface area contributed by atoms with Crippen molar-refractivity contribution in [1.82, 2.24) is 10.2 Å². The van der Waals surface area contributed by atoms with Gasteiger partial charge in [-0.25, -0.2) is 8.78 Å². The van der Waals surface area contributed by atoms with Crippen LogP contribution in [0.2, 0.25) is 0 Å². The number of hydrogen-bond acceptors (Lipinski definition) is 4. The van der Waals surface area contributed by atoms with Crippen LogP contribution < -0.4 is 14.8 Å². The van der Waals surface area contributed by atoms with Crippen LogP contribution in [0.4, 0.5) is 14.6 Å². The van der Waals surface area contributed by atoms with Gasteiger partial charge in [0.1, 0.15) is 5.82 Å². The van der Waals surface area contributed by atoms with E-state index >= 15 is 0 Å². The van der Waals surface area contributed by atoms with E-state index in [4.69, 9.17) is 9.47 Å². The Morgan fingerprint density at radius 3 is 2.88 bits per heavy atom. The lowest BCUT2D eigenvalue weighted by Gasteiger charge is -2.02. The topological polar surface area (TPSA) is 76.2 Å². The number of benzene rings is 1. The van der Waals surface area contributed by atoms with Gasteiger partial charge in [0.05, 0.1) is 11.6 Å². The number of amides is 1. The summed E-state index contributed by atoms with van der Waals surface area (Å²) in [4.78, 5) is 12.2. The van der Waals surface area contributed by atoms with Gasteiger partial charge in [0.2, 0.25) is 12.7 Å². The van der Waals surface area contributed by atoms with Crippen LogP contribution in [0.15, 0.2) is 24.3 Å². The summed E-state index contributed by atoms with van der Waals surface area (Å²) in [5.41, 5.74) is 1.38. The Morgan fingerprint density at radius 2 is 2.08 bits per heavy atom. The van der Waals surface area contributed by atoms with Crippen molar-refractivity contribution in [2.24, 2.45) is 5.92 Å². The summed E-state index contributed by atoms with van der Waals surface area (Å²) in [7, 11) is 0. The van der Waals surface area contributed by atoms with Crippen LogP contribution in [0, 0.1) is 5.92 Å². The van der Waals surface area contributed by atoms with E-state index in [1.807, 2.05) is 0 Å². The van der Waals surface area contributed by atoms with Gasteiger partial charge in [0.15, 0.2) is 11.5 Å². The summed E-state index contributed by atoms with van der Waals surface area (Å²) in [6, 6.07) is 6.60. The highest BCUT2D eigenvalue weighted by Gasteiger charge is 2.68. The summed E-state index contributed by atoms with van der Waals surface area (Å²) in [5, 5.41) is 9.51. The number of nitrogens with one attached hydrogen (secondary N) is 2. The molecule has 6 nitrogen and oxygen atoms in total. The van der Waals surface area contributed by atoms with Gasteiger partial charge in [-0.1, -0.05) is 6.07 Å². The Hall–Kier alpha value is -2.64. The number of fused-ring (bicyclic) bond motifs is 1. The third-order valence-corrected chi connectivity index (χ3v) is 5.23. The Morgan fingerprint density at radius 1 is 1.27 bits per heavy atom. The van der Waals surface area contributed by atoms with E-state index in [0.29, 0.717) is 28.8 Å². The number of anilines is 1. The van der Waals surface area contributed by atoms with Crippen LogP contribution in [0.5, 0.6) is 11.5 Å². The zero-order valence-corrected chi connectivity index (χ0v) is 13.8. The highest BCUT2D eigenvalue weighted by molar-refractivity contribution is 5.90. The first kappa shape index (κ1) is 15.6. The first-order valence-corrected chi connectivity index (χ1v) is 8.65. The normalized spacial score (nSPS) is 25.2. The second-order valence-electron chi connectivity index (χ2n) is 7.10. The van der Waals surface area contributed by atoms with Gasteiger partial charge in [-0.15, -0.1) is 0 Å². The van der Waals surface area contributed by atoms with Crippen molar-refractivity contribution in [3.05, 3.63) is 35.5 Å². The average Bonchev–Trinajstić information content (AvgIpc) is 3.37. The standard InChI is InChI=1S/C18H17F2N3O3/c19-18(20)11(17(18)10-3-4-13-14(5-10)26-8-25-13)6-16(24)21-15-7-12(22-23-15)9-1-2-9/h3-5,7,9,11,17H,1-2,6,8H2,(H2,21,22,23,24). The number of H-pyrrole nitrogens is 1. The minimum atomic E-state index is -2.90. The molecule has 1 amide bonds. The van der Waals surface area contributed by atoms with E-state index in [9.17, 15) is 13.6 Å². The molecule has 0 radical (unpaired) electrons. The summed E-state index contributed by atoms with van der Waals surface area (Å²) in [6.07, 6.45) is 1.96. The van der Waals surface area contributed by atoms with Crippen LogP contribution >= 0.6 is 0 Å². The van der Waals surface area contributed by atoms with Gasteiger partial charge >= 0.3 is 0 Å². The van der Waals surface area contributed by atoms with Gasteiger partial charge in [-0.2, -0.15) is 5.10 Å². The predicted molar refractivity (Wildman–Crippen MR) is 87.6 cm³/mol. The van der Waals surface area contributed by atoms with Gasteiger partial charge in [-0.3, -0.25) is 9.89 Å². The molecule has 0 spiro atoms. The molecule has 3 aliphatic rings. The number of hydrogen-bond donors (Lipinski definition) is 2. The number of carbonyl (C=O) groups excluding carboxylic acids is 1. The second-order valence-corrected chi connectivity index (χ2v) is 7.10. The molecule has 1 aliphatic heterocycles. The van der Waals surface area contributed by atoms with Gasteiger partial charge in [0, 0.05) is 24.3 Å². The molecule has 2 N–H and O–H groups in total. The maximum absolute atomic E-state index is 14.2. The smallest absolute Gasteiger partial charge is 0.259 e. The summed E-state index contributed by atoms with van der Waals surface area (Å²) in [6.45, 7) is 0.0959. The van der Waals surface area contributed by atoms with Gasteiger partial charge in [0.25, 0.3) is 5.92 Å². The maximum atomic E-state index is 14.2. The van der Waals surface area contributed by atoms with Gasteiger partial charge in [-0.05, 0) is 30.5 Å².